The fourth-order valence-electron chi connectivity index (χ4n) is 4.82. The molecule has 368 valence electrons. The van der Waals surface area contributed by atoms with Crippen LogP contribution < -0.4 is 0 Å². The van der Waals surface area contributed by atoms with Crippen LogP contribution in [0.15, 0.2) is 0 Å². The lowest BCUT2D eigenvalue weighted by atomic mass is 9.95. The van der Waals surface area contributed by atoms with Crippen LogP contribution in [0.25, 0.3) is 0 Å². The van der Waals surface area contributed by atoms with Crippen LogP contribution in [0.3, 0.4) is 0 Å². The van der Waals surface area contributed by atoms with Crippen molar-refractivity contribution >= 4 is 109 Å². The van der Waals surface area contributed by atoms with Crippen molar-refractivity contribution in [1.29, 1.82) is 0 Å². The molecular weight excluding hydrogens is 969 g/mol. The van der Waals surface area contributed by atoms with Crippen LogP contribution >= 0.6 is 43.2 Å². The molecule has 0 radical (unpaired) electrons. The van der Waals surface area contributed by atoms with Crippen LogP contribution in [0.4, 0.5) is 9.59 Å². The maximum Gasteiger partial charge on any atom is 0.508 e. The quantitative estimate of drug-likeness (QED) is 0.0503. The first-order valence-corrected chi connectivity index (χ1v) is 24.3. The van der Waals surface area contributed by atoms with Crippen molar-refractivity contribution in [1.82, 2.24) is 10.1 Å². The summed E-state index contributed by atoms with van der Waals surface area (Å²) in [6.07, 6.45) is 0.984. The predicted molar refractivity (Wildman–Crippen MR) is 225 cm³/mol. The van der Waals surface area contributed by atoms with Gasteiger partial charge in [0.15, 0.2) is 12.2 Å². The van der Waals surface area contributed by atoms with E-state index < -0.39 is 89.5 Å². The summed E-state index contributed by atoms with van der Waals surface area (Å²) in [6, 6.07) is 0. The average molecular weight is 1020 g/mol. The predicted octanol–water partition coefficient (Wildman–Crippen LogP) is 1.56. The number of ether oxygens (including phenoxy) is 7. The van der Waals surface area contributed by atoms with Crippen LogP contribution in [-0.4, -0.2) is 167 Å². The van der Waals surface area contributed by atoms with Crippen molar-refractivity contribution in [3.05, 3.63) is 0 Å². The molecule has 4 amide bonds. The number of esters is 3. The normalized spacial score (nSPS) is 21.6. The Bertz CT molecular complexity index is 1770. The highest BCUT2D eigenvalue weighted by Gasteiger charge is 2.42. The Morgan fingerprint density at radius 3 is 1.56 bits per heavy atom. The van der Waals surface area contributed by atoms with E-state index in [-0.39, 0.29) is 70.4 Å². The van der Waals surface area contributed by atoms with Crippen molar-refractivity contribution in [2.75, 3.05) is 62.7 Å². The number of imide groups is 2. The number of carbonyl (C=O) groups is 11. The second-order valence-electron chi connectivity index (χ2n) is 14.1. The van der Waals surface area contributed by atoms with E-state index in [9.17, 15) is 57.8 Å². The van der Waals surface area contributed by atoms with Gasteiger partial charge in [-0.25, -0.2) is 38.4 Å². The molecule has 6 aliphatic rings. The average Bonchev–Trinajstić information content (AvgIpc) is 4.10. The third-order valence-corrected chi connectivity index (χ3v) is 14.2. The summed E-state index contributed by atoms with van der Waals surface area (Å²) in [6.45, 7) is 4.63. The van der Waals surface area contributed by atoms with Gasteiger partial charge in [0, 0.05) is 48.7 Å². The van der Waals surface area contributed by atoms with Crippen molar-refractivity contribution in [2.45, 2.75) is 77.6 Å². The summed E-state index contributed by atoms with van der Waals surface area (Å²) < 4.78 is 39.5. The third kappa shape index (κ3) is 19.5. The standard InChI is InChI=1S/C16H21NO10S2.C7H9NO6.C6H8O4.C6H8O3S2.C2H2/c1-10(18)14(22)25-6-16(8-28-29-9-16)7-26-15(23)24-5-4-13(21)27-17-11(19)2-3-12(17)20;9-5-1-2-6(10)8(5)14-7(11)3-4-13-12;1-3-5(7)10-4(2)6(8)9-3;7-5-8-1-6(2-9-5)3-10-11-4-6;1-2/h10,18H,2-9H2,1H3;12H,1-4H2;3-4H,1-2H3;1-4H2;1-2H/i;;;;1D. The first-order valence-electron chi connectivity index (χ1n) is 19.8. The van der Waals surface area contributed by atoms with Gasteiger partial charge in [-0.2, -0.15) is 0 Å². The third-order valence-electron chi connectivity index (χ3n) is 8.55. The van der Waals surface area contributed by atoms with Crippen LogP contribution in [0, 0.1) is 23.7 Å². The molecule has 0 aliphatic carbocycles. The molecule has 0 aromatic rings. The van der Waals surface area contributed by atoms with Gasteiger partial charge < -0.3 is 47.9 Å². The molecule has 0 aromatic carbocycles. The second kappa shape index (κ2) is 28.9. The lowest BCUT2D eigenvalue weighted by Crippen LogP contribution is -2.41. The number of nitrogens with zero attached hydrogens (tertiary/aromatic N) is 2. The molecular formula is C37H48N2O23S4. The Hall–Kier alpha value is -4.99. The molecule has 29 heteroatoms. The van der Waals surface area contributed by atoms with E-state index in [1.165, 1.54) is 48.8 Å². The van der Waals surface area contributed by atoms with Gasteiger partial charge in [-0.15, -0.1) is 22.9 Å². The molecule has 6 aliphatic heterocycles. The molecule has 6 fully saturated rings. The summed E-state index contributed by atoms with van der Waals surface area (Å²) >= 11 is 0. The Morgan fingerprint density at radius 2 is 1.14 bits per heavy atom. The molecule has 6 rings (SSSR count). The van der Waals surface area contributed by atoms with Gasteiger partial charge in [0.05, 0.1) is 30.3 Å². The zero-order valence-electron chi connectivity index (χ0n) is 36.6. The summed E-state index contributed by atoms with van der Waals surface area (Å²) in [5, 5.41) is 18.0. The highest BCUT2D eigenvalue weighted by Crippen LogP contribution is 2.45. The minimum Gasteiger partial charge on any atom is -0.463 e. The van der Waals surface area contributed by atoms with Gasteiger partial charge in [0.2, 0.25) is 0 Å². The monoisotopic (exact) mass is 1020 g/mol. The number of hydroxylamine groups is 4. The van der Waals surface area contributed by atoms with E-state index in [0.29, 0.717) is 34.8 Å². The molecule has 66 heavy (non-hydrogen) atoms. The van der Waals surface area contributed by atoms with Crippen LogP contribution in [0.1, 0.15) is 60.7 Å². The van der Waals surface area contributed by atoms with Gasteiger partial charge in [-0.3, -0.25) is 24.4 Å². The molecule has 6 heterocycles. The number of aliphatic hydroxyl groups is 1. The van der Waals surface area contributed by atoms with Crippen molar-refractivity contribution in [3.63, 3.8) is 0 Å². The zero-order valence-corrected chi connectivity index (χ0v) is 38.9. The number of rotatable bonds is 13. The van der Waals surface area contributed by atoms with Crippen LogP contribution in [0.5, 0.6) is 0 Å². The molecule has 6 saturated heterocycles. The lowest BCUT2D eigenvalue weighted by Gasteiger charge is -2.29. The summed E-state index contributed by atoms with van der Waals surface area (Å²) in [7, 11) is 6.73. The number of hydrogen-bond acceptors (Lipinski definition) is 27. The van der Waals surface area contributed by atoms with Crippen LogP contribution in [-0.2, 0) is 90.9 Å². The number of carbonyl (C=O) groups excluding carboxylic acids is 11. The van der Waals surface area contributed by atoms with E-state index in [1.54, 1.807) is 0 Å². The largest absolute Gasteiger partial charge is 0.508 e. The van der Waals surface area contributed by atoms with E-state index in [2.05, 4.69) is 30.5 Å². The zero-order chi connectivity index (χ0) is 50.2. The highest BCUT2D eigenvalue weighted by atomic mass is 33.1. The molecule has 3 unspecified atom stereocenters. The molecule has 25 nitrogen and oxygen atoms in total. The van der Waals surface area contributed by atoms with E-state index in [0.717, 1.165) is 11.5 Å². The number of hydrogen-bond donors (Lipinski definition) is 2. The Morgan fingerprint density at radius 1 is 0.727 bits per heavy atom. The molecule has 3 atom stereocenters. The first-order chi connectivity index (χ1) is 31.7. The van der Waals surface area contributed by atoms with Gasteiger partial charge >= 0.3 is 42.2 Å². The number of amides is 4. The topological polar surface area (TPSA) is 327 Å². The highest BCUT2D eigenvalue weighted by molar-refractivity contribution is 8.77. The minimum atomic E-state index is -1.24. The summed E-state index contributed by atoms with van der Waals surface area (Å²) in [5.41, 5.74) is -0.489. The molecule has 2 N–H and O–H groups in total. The van der Waals surface area contributed by atoms with Gasteiger partial charge in [-0.05, 0) is 20.8 Å². The van der Waals surface area contributed by atoms with Gasteiger partial charge in [0.1, 0.15) is 40.5 Å². The molecule has 0 aromatic heterocycles. The molecule has 0 bridgehead atoms. The molecule has 1 spiro atoms. The van der Waals surface area contributed by atoms with Gasteiger partial charge in [0.25, 0.3) is 23.6 Å². The Kier molecular flexibility index (Phi) is 24.2. The van der Waals surface area contributed by atoms with E-state index >= 15 is 0 Å². The van der Waals surface area contributed by atoms with E-state index in [1.807, 2.05) is 21.6 Å². The Balaban J connectivity index is 0.000000334. The van der Waals surface area contributed by atoms with E-state index in [4.69, 9.17) is 30.3 Å². The van der Waals surface area contributed by atoms with Crippen molar-refractivity contribution < 1.29 is 112 Å². The fourth-order valence-corrected chi connectivity index (χ4v) is 11.5. The van der Waals surface area contributed by atoms with Crippen molar-refractivity contribution in [3.8, 4) is 12.8 Å². The number of aliphatic hydroxyl groups excluding tert-OH is 1. The number of cyclic esters (lactones) is 4. The maximum atomic E-state index is 11.7. The SMILES string of the molecule is CC(O)C(=O)OCC1(COC(=O)OCCC(=O)ON2C(=O)CCC2=O)CSSC1.CC1OC(=O)C(C)OC1=O.O=C(CCOO)ON1C(=O)CCC1=O.O=C1OCC2(CO1)CSSC2.[2H]C#C. The maximum absolute atomic E-state index is 11.7. The Labute approximate surface area is 393 Å². The second-order valence-corrected chi connectivity index (χ2v) is 19.1. The van der Waals surface area contributed by atoms with Crippen molar-refractivity contribution in [2.24, 2.45) is 10.8 Å². The minimum absolute atomic E-state index is 0.0141. The summed E-state index contributed by atoms with van der Waals surface area (Å²) in [4.78, 5) is 135. The fraction of sp³-hybridized carbons (Fsp3) is 0.649. The first kappa shape index (κ1) is 55.3. The summed E-state index contributed by atoms with van der Waals surface area (Å²) in [5.74, 6) is -2.48. The smallest absolute Gasteiger partial charge is 0.463 e. The molecule has 0 saturated carbocycles. The lowest BCUT2D eigenvalue weighted by molar-refractivity contribution is -0.245. The number of terminal acetylenes is 1. The van der Waals surface area contributed by atoms with Crippen LogP contribution in [0.2, 0.25) is 0 Å². The van der Waals surface area contributed by atoms with Gasteiger partial charge in [-0.1, -0.05) is 43.2 Å².